The molecule has 0 aromatic heterocycles. The van der Waals surface area contributed by atoms with Crippen molar-refractivity contribution in [3.8, 4) is 0 Å². The van der Waals surface area contributed by atoms with E-state index in [9.17, 15) is 0 Å². The summed E-state index contributed by atoms with van der Waals surface area (Å²) in [5.74, 6) is 0. The molecule has 1 unspecified atom stereocenters. The van der Waals surface area contributed by atoms with Crippen molar-refractivity contribution >= 4 is 5.69 Å². The molecule has 2 N–H and O–H groups in total. The number of hydrogen-bond acceptors (Lipinski definition) is 4. The average molecular weight is 284 g/mol. The number of fused-ring (bicyclic) bond motifs is 5. The zero-order chi connectivity index (χ0) is 14.0. The molecule has 0 amide bonds. The molecule has 0 aliphatic carbocycles. The molecule has 4 aliphatic heterocycles. The summed E-state index contributed by atoms with van der Waals surface area (Å²) in [7, 11) is 0. The van der Waals surface area contributed by atoms with Crippen LogP contribution in [0, 0.1) is 0 Å². The van der Waals surface area contributed by atoms with Gasteiger partial charge in [0.2, 0.25) is 0 Å². The SMILES string of the molecule is CC1CNC[C@@H]2c3ccc(N4C[C@@H]5C[C@H]4CN5)cc3CN12. The molecule has 1 aromatic carbocycles. The Balaban J connectivity index is 1.46. The van der Waals surface area contributed by atoms with E-state index in [4.69, 9.17) is 0 Å². The lowest BCUT2D eigenvalue weighted by Gasteiger charge is -2.36. The van der Waals surface area contributed by atoms with Gasteiger partial charge < -0.3 is 15.5 Å². The third-order valence-corrected chi connectivity index (χ3v) is 5.97. The first-order valence-electron chi connectivity index (χ1n) is 8.39. The molecule has 0 spiro atoms. The third-order valence-electron chi connectivity index (χ3n) is 5.97. The molecule has 2 bridgehead atoms. The molecule has 112 valence electrons. The minimum atomic E-state index is 0.592. The number of nitrogens with one attached hydrogen (secondary N) is 2. The Bertz CT molecular complexity index is 572. The molecule has 5 rings (SSSR count). The van der Waals surface area contributed by atoms with E-state index in [1.807, 2.05) is 0 Å². The van der Waals surface area contributed by atoms with E-state index < -0.39 is 0 Å². The second kappa shape index (κ2) is 4.45. The van der Waals surface area contributed by atoms with Crippen LogP contribution < -0.4 is 15.5 Å². The highest BCUT2D eigenvalue weighted by Gasteiger charge is 2.39. The molecule has 0 radical (unpaired) electrons. The van der Waals surface area contributed by atoms with Gasteiger partial charge in [-0.05, 0) is 36.6 Å². The van der Waals surface area contributed by atoms with Crippen LogP contribution in [0.5, 0.6) is 0 Å². The standard InChI is InChI=1S/C17H24N4/c1-11-6-18-8-17-16-3-2-14(4-12(16)9-20(11)17)21-10-13-5-15(21)7-19-13/h2-4,11,13,15,17-19H,5-10H2,1H3/t11?,13-,15-,17+/m0/s1. The quantitative estimate of drug-likeness (QED) is 0.808. The lowest BCUT2D eigenvalue weighted by molar-refractivity contribution is 0.119. The molecule has 3 fully saturated rings. The average Bonchev–Trinajstić information content (AvgIpc) is 3.20. The van der Waals surface area contributed by atoms with Crippen molar-refractivity contribution in [3.05, 3.63) is 29.3 Å². The molecule has 4 heteroatoms. The second-order valence-corrected chi connectivity index (χ2v) is 7.23. The van der Waals surface area contributed by atoms with E-state index in [1.165, 1.54) is 18.7 Å². The third kappa shape index (κ3) is 1.79. The first kappa shape index (κ1) is 12.4. The zero-order valence-electron chi connectivity index (χ0n) is 12.7. The van der Waals surface area contributed by atoms with Gasteiger partial charge in [0.05, 0.1) is 0 Å². The van der Waals surface area contributed by atoms with Gasteiger partial charge in [-0.25, -0.2) is 0 Å². The fourth-order valence-corrected chi connectivity index (χ4v) is 4.83. The minimum Gasteiger partial charge on any atom is -0.366 e. The Kier molecular flexibility index (Phi) is 2.64. The predicted molar refractivity (Wildman–Crippen MR) is 84.6 cm³/mol. The summed E-state index contributed by atoms with van der Waals surface area (Å²) in [6.07, 6.45) is 1.33. The van der Waals surface area contributed by atoms with Crippen molar-refractivity contribution in [2.75, 3.05) is 31.1 Å². The Morgan fingerprint density at radius 3 is 2.95 bits per heavy atom. The van der Waals surface area contributed by atoms with Crippen LogP contribution in [0.2, 0.25) is 0 Å². The highest BCUT2D eigenvalue weighted by molar-refractivity contribution is 5.55. The van der Waals surface area contributed by atoms with Gasteiger partial charge in [-0.15, -0.1) is 0 Å². The van der Waals surface area contributed by atoms with E-state index in [0.29, 0.717) is 12.1 Å². The molecule has 4 heterocycles. The lowest BCUT2D eigenvalue weighted by atomic mass is 10.0. The predicted octanol–water partition coefficient (Wildman–Crippen LogP) is 1.09. The van der Waals surface area contributed by atoms with Crippen LogP contribution in [-0.2, 0) is 6.54 Å². The van der Waals surface area contributed by atoms with Gasteiger partial charge in [-0.3, -0.25) is 4.90 Å². The fraction of sp³-hybridized carbons (Fsp3) is 0.647. The van der Waals surface area contributed by atoms with Crippen LogP contribution in [0.15, 0.2) is 18.2 Å². The number of anilines is 1. The Hall–Kier alpha value is -1.10. The summed E-state index contributed by atoms with van der Waals surface area (Å²) >= 11 is 0. The first-order valence-corrected chi connectivity index (χ1v) is 8.39. The van der Waals surface area contributed by atoms with Crippen molar-refractivity contribution in [2.45, 2.75) is 44.1 Å². The minimum absolute atomic E-state index is 0.592. The van der Waals surface area contributed by atoms with Crippen molar-refractivity contribution in [1.29, 1.82) is 0 Å². The summed E-state index contributed by atoms with van der Waals surface area (Å²) in [5, 5.41) is 7.17. The molecule has 3 saturated heterocycles. The Morgan fingerprint density at radius 1 is 1.19 bits per heavy atom. The largest absolute Gasteiger partial charge is 0.366 e. The van der Waals surface area contributed by atoms with Gasteiger partial charge in [-0.2, -0.15) is 0 Å². The van der Waals surface area contributed by atoms with Crippen LogP contribution in [0.3, 0.4) is 0 Å². The smallest absolute Gasteiger partial charge is 0.0482 e. The molecule has 4 atom stereocenters. The number of rotatable bonds is 1. The van der Waals surface area contributed by atoms with Crippen molar-refractivity contribution < 1.29 is 0 Å². The van der Waals surface area contributed by atoms with E-state index in [-0.39, 0.29) is 0 Å². The molecule has 0 saturated carbocycles. The first-order chi connectivity index (χ1) is 10.3. The van der Waals surface area contributed by atoms with Gasteiger partial charge in [0.15, 0.2) is 0 Å². The van der Waals surface area contributed by atoms with Gasteiger partial charge in [0.1, 0.15) is 0 Å². The zero-order valence-corrected chi connectivity index (χ0v) is 12.7. The van der Waals surface area contributed by atoms with Crippen molar-refractivity contribution in [2.24, 2.45) is 0 Å². The number of piperazine rings is 2. The van der Waals surface area contributed by atoms with Crippen molar-refractivity contribution in [1.82, 2.24) is 15.5 Å². The number of nitrogens with zero attached hydrogens (tertiary/aromatic N) is 2. The number of benzene rings is 1. The summed E-state index contributed by atoms with van der Waals surface area (Å²) in [5.41, 5.74) is 4.56. The summed E-state index contributed by atoms with van der Waals surface area (Å²) in [4.78, 5) is 5.29. The number of hydrogen-bond donors (Lipinski definition) is 2. The van der Waals surface area contributed by atoms with Crippen LogP contribution >= 0.6 is 0 Å². The van der Waals surface area contributed by atoms with E-state index in [1.54, 1.807) is 11.1 Å². The topological polar surface area (TPSA) is 30.5 Å². The highest BCUT2D eigenvalue weighted by Crippen LogP contribution is 2.39. The van der Waals surface area contributed by atoms with E-state index >= 15 is 0 Å². The van der Waals surface area contributed by atoms with Crippen LogP contribution in [0.4, 0.5) is 5.69 Å². The van der Waals surface area contributed by atoms with Gasteiger partial charge in [0.25, 0.3) is 0 Å². The van der Waals surface area contributed by atoms with Crippen LogP contribution in [-0.4, -0.2) is 49.2 Å². The Morgan fingerprint density at radius 2 is 2.14 bits per heavy atom. The normalized spacial score (nSPS) is 37.9. The second-order valence-electron chi connectivity index (χ2n) is 7.23. The van der Waals surface area contributed by atoms with Gasteiger partial charge in [-0.1, -0.05) is 6.07 Å². The lowest BCUT2D eigenvalue weighted by Crippen LogP contribution is -2.48. The molecular weight excluding hydrogens is 260 g/mol. The highest BCUT2D eigenvalue weighted by atomic mass is 15.3. The van der Waals surface area contributed by atoms with E-state index in [0.717, 1.165) is 38.3 Å². The maximum Gasteiger partial charge on any atom is 0.0482 e. The van der Waals surface area contributed by atoms with Gasteiger partial charge in [0, 0.05) is 62.6 Å². The summed E-state index contributed by atoms with van der Waals surface area (Å²) in [6.45, 7) is 8.06. The molecule has 4 aliphatic rings. The Labute approximate surface area is 126 Å². The maximum atomic E-state index is 3.60. The molecule has 1 aromatic rings. The van der Waals surface area contributed by atoms with Gasteiger partial charge >= 0.3 is 0 Å². The molecule has 4 nitrogen and oxygen atoms in total. The summed E-state index contributed by atoms with van der Waals surface area (Å²) in [6, 6.07) is 9.91. The molecular formula is C17H24N4. The van der Waals surface area contributed by atoms with Crippen LogP contribution in [0.1, 0.15) is 30.5 Å². The van der Waals surface area contributed by atoms with Crippen LogP contribution in [0.25, 0.3) is 0 Å². The fourth-order valence-electron chi connectivity index (χ4n) is 4.83. The monoisotopic (exact) mass is 284 g/mol. The van der Waals surface area contributed by atoms with E-state index in [2.05, 4.69) is 45.6 Å². The van der Waals surface area contributed by atoms with Crippen molar-refractivity contribution in [3.63, 3.8) is 0 Å². The summed E-state index contributed by atoms with van der Waals surface area (Å²) < 4.78 is 0. The molecule has 21 heavy (non-hydrogen) atoms. The maximum absolute atomic E-state index is 3.60.